The molecule has 0 aromatic carbocycles. The van der Waals surface area contributed by atoms with Crippen molar-refractivity contribution in [3.05, 3.63) is 0 Å². The highest BCUT2D eigenvalue weighted by atomic mass is 19.1. The second-order valence-corrected chi connectivity index (χ2v) is 2.70. The van der Waals surface area contributed by atoms with E-state index in [9.17, 15) is 9.18 Å². The van der Waals surface area contributed by atoms with E-state index in [1.165, 1.54) is 4.90 Å². The molecule has 1 atom stereocenters. The van der Waals surface area contributed by atoms with Gasteiger partial charge in [0.25, 0.3) is 0 Å². The maximum atomic E-state index is 12.5. The Bertz CT molecular complexity index is 151. The monoisotopic (exact) mass is 161 g/mol. The first-order valence-corrected chi connectivity index (χ1v) is 3.76. The third-order valence-electron chi connectivity index (χ3n) is 1.81. The largest absolute Gasteiger partial charge is 0.396 e. The lowest BCUT2D eigenvalue weighted by atomic mass is 10.3. The van der Waals surface area contributed by atoms with E-state index in [4.69, 9.17) is 5.11 Å². The number of carbonyl (C=O) groups is 1. The van der Waals surface area contributed by atoms with Crippen LogP contribution in [0.15, 0.2) is 0 Å². The summed E-state index contributed by atoms with van der Waals surface area (Å²) in [5.41, 5.74) is 0. The Morgan fingerprint density at radius 3 is 2.91 bits per heavy atom. The number of nitrogens with zero attached hydrogens (tertiary/aromatic N) is 1. The molecule has 1 aliphatic heterocycles. The molecule has 1 heterocycles. The van der Waals surface area contributed by atoms with Crippen LogP contribution >= 0.6 is 0 Å². The molecule has 1 saturated heterocycles. The summed E-state index contributed by atoms with van der Waals surface area (Å²) in [4.78, 5) is 12.4. The minimum atomic E-state index is -0.863. The summed E-state index contributed by atoms with van der Waals surface area (Å²) >= 11 is 0. The molecule has 0 spiro atoms. The molecule has 0 saturated carbocycles. The van der Waals surface area contributed by atoms with Crippen molar-refractivity contribution in [1.82, 2.24) is 4.90 Å². The van der Waals surface area contributed by atoms with Crippen molar-refractivity contribution < 1.29 is 14.3 Å². The molecule has 0 radical (unpaired) electrons. The SMILES string of the molecule is O=C(CCO)N1CC[C@H](F)C1. The van der Waals surface area contributed by atoms with Crippen LogP contribution in [0.2, 0.25) is 0 Å². The first-order valence-electron chi connectivity index (χ1n) is 3.76. The van der Waals surface area contributed by atoms with E-state index >= 15 is 0 Å². The highest BCUT2D eigenvalue weighted by Gasteiger charge is 2.24. The lowest BCUT2D eigenvalue weighted by Gasteiger charge is -2.13. The fraction of sp³-hybridized carbons (Fsp3) is 0.857. The number of hydrogen-bond acceptors (Lipinski definition) is 2. The van der Waals surface area contributed by atoms with Crippen LogP contribution in [0.1, 0.15) is 12.8 Å². The molecular weight excluding hydrogens is 149 g/mol. The van der Waals surface area contributed by atoms with E-state index in [1.54, 1.807) is 0 Å². The molecule has 3 nitrogen and oxygen atoms in total. The number of carbonyl (C=O) groups excluding carboxylic acids is 1. The second kappa shape index (κ2) is 3.67. The number of likely N-dealkylation sites (tertiary alicyclic amines) is 1. The van der Waals surface area contributed by atoms with E-state index in [2.05, 4.69) is 0 Å². The summed E-state index contributed by atoms with van der Waals surface area (Å²) < 4.78 is 12.5. The second-order valence-electron chi connectivity index (χ2n) is 2.70. The molecule has 64 valence electrons. The van der Waals surface area contributed by atoms with Gasteiger partial charge < -0.3 is 10.0 Å². The first kappa shape index (κ1) is 8.46. The molecule has 0 unspecified atom stereocenters. The molecule has 11 heavy (non-hydrogen) atoms. The van der Waals surface area contributed by atoms with Crippen LogP contribution in [0.25, 0.3) is 0 Å². The van der Waals surface area contributed by atoms with Gasteiger partial charge in [-0.2, -0.15) is 0 Å². The van der Waals surface area contributed by atoms with E-state index in [-0.39, 0.29) is 25.5 Å². The van der Waals surface area contributed by atoms with Gasteiger partial charge in [0.2, 0.25) is 5.91 Å². The zero-order valence-corrected chi connectivity index (χ0v) is 6.29. The summed E-state index contributed by atoms with van der Waals surface area (Å²) in [5, 5.41) is 8.42. The summed E-state index contributed by atoms with van der Waals surface area (Å²) in [6, 6.07) is 0. The third kappa shape index (κ3) is 2.15. The van der Waals surface area contributed by atoms with Crippen molar-refractivity contribution in [2.45, 2.75) is 19.0 Å². The summed E-state index contributed by atoms with van der Waals surface area (Å²) in [6.07, 6.45) is -0.304. The fourth-order valence-electron chi connectivity index (χ4n) is 1.20. The molecule has 1 N–H and O–H groups in total. The number of aliphatic hydroxyl groups excluding tert-OH is 1. The third-order valence-corrected chi connectivity index (χ3v) is 1.81. The minimum absolute atomic E-state index is 0.118. The van der Waals surface area contributed by atoms with Crippen molar-refractivity contribution >= 4 is 5.91 Å². The van der Waals surface area contributed by atoms with Gasteiger partial charge in [0.05, 0.1) is 13.2 Å². The summed E-state index contributed by atoms with van der Waals surface area (Å²) in [7, 11) is 0. The Balaban J connectivity index is 2.31. The van der Waals surface area contributed by atoms with Gasteiger partial charge in [-0.1, -0.05) is 0 Å². The maximum absolute atomic E-state index is 12.5. The van der Waals surface area contributed by atoms with E-state index in [1.807, 2.05) is 0 Å². The van der Waals surface area contributed by atoms with Crippen LogP contribution in [0.3, 0.4) is 0 Å². The molecule has 0 aliphatic carbocycles. The average Bonchev–Trinajstić information content (AvgIpc) is 2.36. The molecule has 1 aliphatic rings. The zero-order chi connectivity index (χ0) is 8.27. The van der Waals surface area contributed by atoms with Crippen molar-refractivity contribution in [2.75, 3.05) is 19.7 Å². The Hall–Kier alpha value is -0.640. The number of aliphatic hydroxyl groups is 1. The van der Waals surface area contributed by atoms with E-state index in [0.717, 1.165) is 0 Å². The van der Waals surface area contributed by atoms with E-state index < -0.39 is 6.17 Å². The van der Waals surface area contributed by atoms with Crippen molar-refractivity contribution in [2.24, 2.45) is 0 Å². The van der Waals surface area contributed by atoms with Gasteiger partial charge in [0.1, 0.15) is 6.17 Å². The van der Waals surface area contributed by atoms with Crippen molar-refractivity contribution in [1.29, 1.82) is 0 Å². The van der Waals surface area contributed by atoms with Gasteiger partial charge >= 0.3 is 0 Å². The average molecular weight is 161 g/mol. The number of alkyl halides is 1. The predicted molar refractivity (Wildman–Crippen MR) is 37.8 cm³/mol. The summed E-state index contributed by atoms with van der Waals surface area (Å²) in [5.74, 6) is -0.146. The number of hydrogen-bond donors (Lipinski definition) is 1. The number of amides is 1. The van der Waals surface area contributed by atoms with Gasteiger partial charge in [-0.25, -0.2) is 4.39 Å². The number of halogens is 1. The highest BCUT2D eigenvalue weighted by molar-refractivity contribution is 5.76. The van der Waals surface area contributed by atoms with Crippen LogP contribution in [0.5, 0.6) is 0 Å². The Labute approximate surface area is 64.8 Å². The zero-order valence-electron chi connectivity index (χ0n) is 6.29. The Kier molecular flexibility index (Phi) is 2.82. The molecule has 1 amide bonds. The smallest absolute Gasteiger partial charge is 0.224 e. The molecule has 1 fully saturated rings. The first-order chi connectivity index (χ1) is 5.24. The van der Waals surface area contributed by atoms with Gasteiger partial charge in [-0.15, -0.1) is 0 Å². The van der Waals surface area contributed by atoms with Gasteiger partial charge in [0, 0.05) is 13.0 Å². The lowest BCUT2D eigenvalue weighted by Crippen LogP contribution is -2.29. The molecule has 0 aromatic rings. The van der Waals surface area contributed by atoms with Crippen LogP contribution in [-0.2, 0) is 4.79 Å². The molecule has 0 bridgehead atoms. The molecule has 1 rings (SSSR count). The normalized spacial score (nSPS) is 24.2. The maximum Gasteiger partial charge on any atom is 0.224 e. The van der Waals surface area contributed by atoms with E-state index in [0.29, 0.717) is 13.0 Å². The summed E-state index contributed by atoms with van der Waals surface area (Å²) in [6.45, 7) is 0.561. The van der Waals surface area contributed by atoms with Crippen LogP contribution < -0.4 is 0 Å². The number of rotatable bonds is 2. The van der Waals surface area contributed by atoms with Crippen LogP contribution in [-0.4, -0.2) is 41.8 Å². The Morgan fingerprint density at radius 1 is 1.73 bits per heavy atom. The van der Waals surface area contributed by atoms with Crippen LogP contribution in [0, 0.1) is 0 Å². The van der Waals surface area contributed by atoms with Crippen LogP contribution in [0.4, 0.5) is 4.39 Å². The predicted octanol–water partition coefficient (Wildman–Crippen LogP) is -0.0608. The van der Waals surface area contributed by atoms with Gasteiger partial charge in [-0.05, 0) is 6.42 Å². The van der Waals surface area contributed by atoms with Crippen molar-refractivity contribution in [3.63, 3.8) is 0 Å². The fourth-order valence-corrected chi connectivity index (χ4v) is 1.20. The quantitative estimate of drug-likeness (QED) is 0.616. The lowest BCUT2D eigenvalue weighted by molar-refractivity contribution is -0.131. The topological polar surface area (TPSA) is 40.5 Å². The molecule has 4 heteroatoms. The van der Waals surface area contributed by atoms with Crippen molar-refractivity contribution in [3.8, 4) is 0 Å². The highest BCUT2D eigenvalue weighted by Crippen LogP contribution is 2.12. The minimum Gasteiger partial charge on any atom is -0.396 e. The van der Waals surface area contributed by atoms with Gasteiger partial charge in [0.15, 0.2) is 0 Å². The standard InChI is InChI=1S/C7H12FNO2/c8-6-1-3-9(5-6)7(11)2-4-10/h6,10H,1-5H2/t6-/m0/s1. The Morgan fingerprint density at radius 2 is 2.45 bits per heavy atom. The molecular formula is C7H12FNO2. The van der Waals surface area contributed by atoms with Gasteiger partial charge in [-0.3, -0.25) is 4.79 Å². The molecule has 0 aromatic heterocycles.